The Bertz CT molecular complexity index is 374. The van der Waals surface area contributed by atoms with E-state index < -0.39 is 0 Å². The van der Waals surface area contributed by atoms with E-state index in [2.05, 4.69) is 65.1 Å². The van der Waals surface area contributed by atoms with E-state index in [-0.39, 0.29) is 0 Å². The highest BCUT2D eigenvalue weighted by Crippen LogP contribution is 2.36. The van der Waals surface area contributed by atoms with Crippen LogP contribution in [0.5, 0.6) is 5.75 Å². The molecule has 0 spiro atoms. The minimum Gasteiger partial charge on any atom is -0.489 e. The highest BCUT2D eigenvalue weighted by Gasteiger charge is 2.20. The van der Waals surface area contributed by atoms with Crippen LogP contribution in [0.3, 0.4) is 0 Å². The van der Waals surface area contributed by atoms with E-state index in [1.165, 1.54) is 18.3 Å². The summed E-state index contributed by atoms with van der Waals surface area (Å²) in [5, 5.41) is 0. The second-order valence-electron chi connectivity index (χ2n) is 3.78. The van der Waals surface area contributed by atoms with Crippen LogP contribution in [0, 0.1) is 14.1 Å². The maximum atomic E-state index is 5.89. The number of benzene rings is 1. The first-order valence-electron chi connectivity index (χ1n) is 4.73. The van der Waals surface area contributed by atoms with Crippen LogP contribution >= 0.6 is 45.2 Å². The van der Waals surface area contributed by atoms with Gasteiger partial charge in [0.2, 0.25) is 0 Å². The lowest BCUT2D eigenvalue weighted by Gasteiger charge is -2.25. The number of fused-ring (bicyclic) bond motifs is 1. The topological polar surface area (TPSA) is 9.23 Å². The molecule has 1 unspecified atom stereocenters. The lowest BCUT2D eigenvalue weighted by molar-refractivity contribution is 0.190. The molecule has 2 rings (SSSR count). The molecule has 1 heterocycles. The van der Waals surface area contributed by atoms with E-state index in [0.717, 1.165) is 18.6 Å². The summed E-state index contributed by atoms with van der Waals surface area (Å²) in [7, 11) is 0. The van der Waals surface area contributed by atoms with E-state index >= 15 is 0 Å². The first-order chi connectivity index (χ1) is 6.59. The fourth-order valence-electron chi connectivity index (χ4n) is 1.74. The first kappa shape index (κ1) is 11.0. The van der Waals surface area contributed by atoms with Crippen LogP contribution in [-0.2, 0) is 6.42 Å². The molecule has 0 radical (unpaired) electrons. The van der Waals surface area contributed by atoms with Gasteiger partial charge in [-0.15, -0.1) is 0 Å². The Balaban J connectivity index is 2.55. The number of hydrogen-bond acceptors (Lipinski definition) is 1. The van der Waals surface area contributed by atoms with Crippen LogP contribution in [0.15, 0.2) is 6.07 Å². The van der Waals surface area contributed by atoms with Gasteiger partial charge in [0.05, 0.1) is 9.67 Å². The summed E-state index contributed by atoms with van der Waals surface area (Å²) in [6, 6.07) is 2.27. The normalized spacial score (nSPS) is 20.1. The molecule has 1 aromatic carbocycles. The molecule has 76 valence electrons. The van der Waals surface area contributed by atoms with Crippen molar-refractivity contribution in [1.82, 2.24) is 0 Å². The Morgan fingerprint density at radius 3 is 2.79 bits per heavy atom. The molecule has 0 saturated heterocycles. The summed E-state index contributed by atoms with van der Waals surface area (Å²) in [5.74, 6) is 1.12. The van der Waals surface area contributed by atoms with Gasteiger partial charge in [0.25, 0.3) is 0 Å². The van der Waals surface area contributed by atoms with Crippen LogP contribution < -0.4 is 4.74 Å². The van der Waals surface area contributed by atoms with Gasteiger partial charge in [0.15, 0.2) is 0 Å². The molecule has 0 amide bonds. The van der Waals surface area contributed by atoms with E-state index in [1.54, 1.807) is 0 Å². The summed E-state index contributed by atoms with van der Waals surface area (Å²) in [5.41, 5.74) is 2.75. The zero-order valence-corrected chi connectivity index (χ0v) is 12.5. The fraction of sp³-hybridized carbons (Fsp3) is 0.455. The van der Waals surface area contributed by atoms with Gasteiger partial charge in [-0.2, -0.15) is 0 Å². The zero-order valence-electron chi connectivity index (χ0n) is 8.23. The predicted octanol–water partition coefficient (Wildman–Crippen LogP) is 3.92. The van der Waals surface area contributed by atoms with Gasteiger partial charge in [-0.05, 0) is 83.0 Å². The van der Waals surface area contributed by atoms with Crippen molar-refractivity contribution in [3.05, 3.63) is 24.3 Å². The lowest BCUT2D eigenvalue weighted by atomic mass is 10.0. The van der Waals surface area contributed by atoms with E-state index in [0.29, 0.717) is 6.10 Å². The molecule has 1 aliphatic heterocycles. The molecule has 1 aliphatic rings. The van der Waals surface area contributed by atoms with Crippen LogP contribution in [0.4, 0.5) is 0 Å². The standard InChI is InChI=1S/C11H12I2O/c1-6-5-8-4-3-7(2)14-11(8)10(13)9(6)12/h5,7H,3-4H2,1-2H3. The predicted molar refractivity (Wildman–Crippen MR) is 75.0 cm³/mol. The van der Waals surface area contributed by atoms with Gasteiger partial charge in [-0.25, -0.2) is 0 Å². The smallest absolute Gasteiger partial charge is 0.137 e. The number of hydrogen-bond donors (Lipinski definition) is 0. The minimum atomic E-state index is 0.370. The maximum Gasteiger partial charge on any atom is 0.137 e. The number of halogens is 2. The average molecular weight is 414 g/mol. The van der Waals surface area contributed by atoms with Crippen molar-refractivity contribution < 1.29 is 4.74 Å². The molecule has 0 bridgehead atoms. The lowest BCUT2D eigenvalue weighted by Crippen LogP contribution is -2.20. The summed E-state index contributed by atoms with van der Waals surface area (Å²) >= 11 is 4.79. The number of ether oxygens (including phenoxy) is 1. The second-order valence-corrected chi connectivity index (χ2v) is 5.93. The Kier molecular flexibility index (Phi) is 3.26. The zero-order chi connectivity index (χ0) is 10.3. The van der Waals surface area contributed by atoms with Crippen molar-refractivity contribution in [1.29, 1.82) is 0 Å². The molecule has 1 nitrogen and oxygen atoms in total. The molecule has 1 atom stereocenters. The van der Waals surface area contributed by atoms with Crippen LogP contribution in [0.2, 0.25) is 0 Å². The Labute approximate surface area is 112 Å². The fourth-order valence-corrected chi connectivity index (χ4v) is 3.04. The van der Waals surface area contributed by atoms with Gasteiger partial charge >= 0.3 is 0 Å². The summed E-state index contributed by atoms with van der Waals surface area (Å²) in [6.07, 6.45) is 2.67. The van der Waals surface area contributed by atoms with E-state index in [4.69, 9.17) is 4.74 Å². The van der Waals surface area contributed by atoms with Crippen molar-refractivity contribution in [3.63, 3.8) is 0 Å². The Hall–Kier alpha value is 0.480. The quantitative estimate of drug-likeness (QED) is 0.586. The van der Waals surface area contributed by atoms with Crippen molar-refractivity contribution in [2.24, 2.45) is 0 Å². The van der Waals surface area contributed by atoms with Gasteiger partial charge in [-0.3, -0.25) is 0 Å². The molecule has 0 N–H and O–H groups in total. The van der Waals surface area contributed by atoms with Gasteiger partial charge in [-0.1, -0.05) is 6.07 Å². The van der Waals surface area contributed by atoms with Crippen molar-refractivity contribution >= 4 is 45.2 Å². The summed E-state index contributed by atoms with van der Waals surface area (Å²) in [6.45, 7) is 4.31. The highest BCUT2D eigenvalue weighted by atomic mass is 127. The molecular weight excluding hydrogens is 402 g/mol. The largest absolute Gasteiger partial charge is 0.489 e. The first-order valence-corrected chi connectivity index (χ1v) is 6.89. The monoisotopic (exact) mass is 414 g/mol. The third kappa shape index (κ3) is 1.89. The molecule has 0 saturated carbocycles. The molecule has 14 heavy (non-hydrogen) atoms. The Morgan fingerprint density at radius 1 is 1.36 bits per heavy atom. The van der Waals surface area contributed by atoms with E-state index in [9.17, 15) is 0 Å². The molecule has 0 fully saturated rings. The van der Waals surface area contributed by atoms with Crippen molar-refractivity contribution in [2.45, 2.75) is 32.8 Å². The van der Waals surface area contributed by atoms with Crippen molar-refractivity contribution in [3.8, 4) is 5.75 Å². The number of aryl methyl sites for hydroxylation is 2. The molecule has 0 aliphatic carbocycles. The Morgan fingerprint density at radius 2 is 2.07 bits per heavy atom. The number of rotatable bonds is 0. The third-order valence-corrected chi connectivity index (χ3v) is 6.01. The summed E-state index contributed by atoms with van der Waals surface area (Å²) < 4.78 is 8.50. The van der Waals surface area contributed by atoms with Gasteiger partial charge in [0.1, 0.15) is 5.75 Å². The van der Waals surface area contributed by atoms with E-state index in [1.807, 2.05) is 0 Å². The summed E-state index contributed by atoms with van der Waals surface area (Å²) in [4.78, 5) is 0. The maximum absolute atomic E-state index is 5.89. The van der Waals surface area contributed by atoms with Crippen molar-refractivity contribution in [2.75, 3.05) is 0 Å². The van der Waals surface area contributed by atoms with Gasteiger partial charge < -0.3 is 4.74 Å². The second kappa shape index (κ2) is 4.15. The van der Waals surface area contributed by atoms with Crippen LogP contribution in [0.1, 0.15) is 24.5 Å². The van der Waals surface area contributed by atoms with Gasteiger partial charge in [0, 0.05) is 3.57 Å². The molecule has 1 aromatic rings. The SMILES string of the molecule is Cc1cc2c(c(I)c1I)OC(C)CC2. The average Bonchev–Trinajstić information content (AvgIpc) is 2.16. The minimum absolute atomic E-state index is 0.370. The van der Waals surface area contributed by atoms with Crippen LogP contribution in [0.25, 0.3) is 0 Å². The molecule has 3 heteroatoms. The molecular formula is C11H12I2O. The third-order valence-electron chi connectivity index (χ3n) is 2.56. The molecule has 0 aromatic heterocycles. The highest BCUT2D eigenvalue weighted by molar-refractivity contribution is 14.1. The van der Waals surface area contributed by atoms with Crippen LogP contribution in [-0.4, -0.2) is 6.10 Å².